The van der Waals surface area contributed by atoms with Crippen molar-refractivity contribution in [2.45, 2.75) is 19.4 Å². The number of aryl methyl sites for hydroxylation is 1. The highest BCUT2D eigenvalue weighted by atomic mass is 16.6. The Morgan fingerprint density at radius 2 is 2.33 bits per heavy atom. The molecule has 18 heavy (non-hydrogen) atoms. The van der Waals surface area contributed by atoms with Gasteiger partial charge >= 0.3 is 0 Å². The fourth-order valence-electron chi connectivity index (χ4n) is 1.35. The predicted molar refractivity (Wildman–Crippen MR) is 67.9 cm³/mol. The van der Waals surface area contributed by atoms with Crippen LogP contribution in [0.2, 0.25) is 0 Å². The van der Waals surface area contributed by atoms with Crippen LogP contribution in [0, 0.1) is 29.4 Å². The van der Waals surface area contributed by atoms with Gasteiger partial charge < -0.3 is 11.1 Å². The standard InChI is InChI=1S/C12H13N3O3/c1-3-4-10(13)12(16)14-11-6-5-9(15(17)18)7-8(11)2/h1,5-7,10H,4,13H2,2H3,(H,14,16). The first-order chi connectivity index (χ1) is 8.45. The van der Waals surface area contributed by atoms with Crippen molar-refractivity contribution in [3.05, 3.63) is 33.9 Å². The molecule has 94 valence electrons. The van der Waals surface area contributed by atoms with E-state index in [0.29, 0.717) is 11.3 Å². The normalized spacial score (nSPS) is 11.4. The SMILES string of the molecule is C#CCC(N)C(=O)Nc1ccc([N+](=O)[O-])cc1C. The number of hydrogen-bond donors (Lipinski definition) is 2. The zero-order valence-electron chi connectivity index (χ0n) is 9.84. The van der Waals surface area contributed by atoms with Crippen LogP contribution in [0.1, 0.15) is 12.0 Å². The lowest BCUT2D eigenvalue weighted by atomic mass is 10.1. The Labute approximate surface area is 104 Å². The van der Waals surface area contributed by atoms with E-state index in [1.165, 1.54) is 18.2 Å². The lowest BCUT2D eigenvalue weighted by Gasteiger charge is -2.11. The van der Waals surface area contributed by atoms with Crippen LogP contribution in [-0.2, 0) is 4.79 Å². The van der Waals surface area contributed by atoms with Crippen LogP contribution >= 0.6 is 0 Å². The molecule has 1 rings (SSSR count). The molecular formula is C12H13N3O3. The number of nitrogens with two attached hydrogens (primary N) is 1. The van der Waals surface area contributed by atoms with E-state index < -0.39 is 16.9 Å². The van der Waals surface area contributed by atoms with Crippen LogP contribution in [0.25, 0.3) is 0 Å². The Bertz CT molecular complexity index is 520. The first-order valence-electron chi connectivity index (χ1n) is 5.20. The topological polar surface area (TPSA) is 98.3 Å². The van der Waals surface area contributed by atoms with E-state index in [4.69, 9.17) is 12.2 Å². The van der Waals surface area contributed by atoms with Gasteiger partial charge in [-0.25, -0.2) is 0 Å². The van der Waals surface area contributed by atoms with E-state index in [1.807, 2.05) is 0 Å². The maximum Gasteiger partial charge on any atom is 0.269 e. The average molecular weight is 247 g/mol. The van der Waals surface area contributed by atoms with E-state index in [0.717, 1.165) is 0 Å². The third kappa shape index (κ3) is 3.30. The van der Waals surface area contributed by atoms with Gasteiger partial charge in [0.25, 0.3) is 5.69 Å². The fourth-order valence-corrected chi connectivity index (χ4v) is 1.35. The molecule has 1 aromatic carbocycles. The second-order valence-corrected chi connectivity index (χ2v) is 3.76. The number of non-ortho nitro benzene ring substituents is 1. The van der Waals surface area contributed by atoms with Gasteiger partial charge in [0.1, 0.15) is 0 Å². The monoisotopic (exact) mass is 247 g/mol. The molecule has 0 heterocycles. The summed E-state index contributed by atoms with van der Waals surface area (Å²) >= 11 is 0. The fraction of sp³-hybridized carbons (Fsp3) is 0.250. The van der Waals surface area contributed by atoms with Crippen molar-refractivity contribution in [1.29, 1.82) is 0 Å². The van der Waals surface area contributed by atoms with Crippen molar-refractivity contribution in [1.82, 2.24) is 0 Å². The van der Waals surface area contributed by atoms with E-state index in [1.54, 1.807) is 6.92 Å². The Balaban J connectivity index is 2.83. The molecule has 0 bridgehead atoms. The van der Waals surface area contributed by atoms with E-state index >= 15 is 0 Å². The highest BCUT2D eigenvalue weighted by Crippen LogP contribution is 2.21. The van der Waals surface area contributed by atoms with Gasteiger partial charge in [0.05, 0.1) is 11.0 Å². The van der Waals surface area contributed by atoms with Crippen molar-refractivity contribution < 1.29 is 9.72 Å². The number of rotatable bonds is 4. The number of benzene rings is 1. The molecule has 0 aliphatic carbocycles. The van der Waals surface area contributed by atoms with Crippen molar-refractivity contribution >= 4 is 17.3 Å². The van der Waals surface area contributed by atoms with Crippen LogP contribution in [-0.4, -0.2) is 16.9 Å². The van der Waals surface area contributed by atoms with Gasteiger partial charge in [0.2, 0.25) is 5.91 Å². The molecule has 1 unspecified atom stereocenters. The molecule has 0 aliphatic rings. The number of nitrogens with zero attached hydrogens (tertiary/aromatic N) is 1. The quantitative estimate of drug-likeness (QED) is 0.474. The molecule has 0 radical (unpaired) electrons. The Hall–Kier alpha value is -2.39. The number of nitro benzene ring substituents is 1. The zero-order valence-corrected chi connectivity index (χ0v) is 9.84. The lowest BCUT2D eigenvalue weighted by molar-refractivity contribution is -0.384. The first-order valence-corrected chi connectivity index (χ1v) is 5.20. The van der Waals surface area contributed by atoms with Gasteiger partial charge in [-0.2, -0.15) is 0 Å². The summed E-state index contributed by atoms with van der Waals surface area (Å²) in [7, 11) is 0. The Morgan fingerprint density at radius 3 is 2.83 bits per heavy atom. The second kappa shape index (κ2) is 5.80. The lowest BCUT2D eigenvalue weighted by Crippen LogP contribution is -2.35. The number of carbonyl (C=O) groups excluding carboxylic acids is 1. The van der Waals surface area contributed by atoms with Crippen LogP contribution in [0.4, 0.5) is 11.4 Å². The summed E-state index contributed by atoms with van der Waals surface area (Å²) < 4.78 is 0. The smallest absolute Gasteiger partial charge is 0.269 e. The molecule has 0 aromatic heterocycles. The number of anilines is 1. The van der Waals surface area contributed by atoms with Gasteiger partial charge in [-0.15, -0.1) is 12.3 Å². The number of carbonyl (C=O) groups is 1. The van der Waals surface area contributed by atoms with Crippen molar-refractivity contribution in [2.24, 2.45) is 5.73 Å². The number of amides is 1. The third-order valence-electron chi connectivity index (χ3n) is 2.35. The van der Waals surface area contributed by atoms with Crippen LogP contribution < -0.4 is 11.1 Å². The Morgan fingerprint density at radius 1 is 1.67 bits per heavy atom. The number of terminal acetylenes is 1. The van der Waals surface area contributed by atoms with Crippen molar-refractivity contribution in [3.63, 3.8) is 0 Å². The maximum atomic E-state index is 11.6. The molecular weight excluding hydrogens is 234 g/mol. The van der Waals surface area contributed by atoms with Crippen LogP contribution in [0.5, 0.6) is 0 Å². The van der Waals surface area contributed by atoms with E-state index in [2.05, 4.69) is 11.2 Å². The summed E-state index contributed by atoms with van der Waals surface area (Å²) in [5.74, 6) is 1.89. The van der Waals surface area contributed by atoms with Gasteiger partial charge in [-0.1, -0.05) is 0 Å². The molecule has 6 heteroatoms. The molecule has 1 amide bonds. The summed E-state index contributed by atoms with van der Waals surface area (Å²) in [5.41, 5.74) is 6.58. The minimum absolute atomic E-state index is 0.0292. The molecule has 0 spiro atoms. The van der Waals surface area contributed by atoms with E-state index in [-0.39, 0.29) is 12.1 Å². The van der Waals surface area contributed by atoms with Crippen molar-refractivity contribution in [2.75, 3.05) is 5.32 Å². The maximum absolute atomic E-state index is 11.6. The summed E-state index contributed by atoms with van der Waals surface area (Å²) in [4.78, 5) is 21.7. The number of nitrogens with one attached hydrogen (secondary N) is 1. The molecule has 3 N–H and O–H groups in total. The van der Waals surface area contributed by atoms with Crippen LogP contribution in [0.3, 0.4) is 0 Å². The molecule has 0 aliphatic heterocycles. The molecule has 0 fully saturated rings. The minimum Gasteiger partial charge on any atom is -0.324 e. The molecule has 6 nitrogen and oxygen atoms in total. The van der Waals surface area contributed by atoms with Gasteiger partial charge in [0, 0.05) is 24.2 Å². The predicted octanol–water partition coefficient (Wildman–Crippen LogP) is 1.19. The minimum atomic E-state index is -0.787. The second-order valence-electron chi connectivity index (χ2n) is 3.76. The average Bonchev–Trinajstić information content (AvgIpc) is 2.31. The molecule has 0 saturated carbocycles. The molecule has 1 aromatic rings. The van der Waals surface area contributed by atoms with Gasteiger partial charge in [-0.05, 0) is 18.6 Å². The summed E-state index contributed by atoms with van der Waals surface area (Å²) in [6.45, 7) is 1.66. The van der Waals surface area contributed by atoms with Crippen molar-refractivity contribution in [3.8, 4) is 12.3 Å². The zero-order chi connectivity index (χ0) is 13.7. The van der Waals surface area contributed by atoms with E-state index in [9.17, 15) is 14.9 Å². The number of nitro groups is 1. The summed E-state index contributed by atoms with van der Waals surface area (Å²) in [6, 6.07) is 3.37. The Kier molecular flexibility index (Phi) is 4.40. The molecule has 0 saturated heterocycles. The molecule has 1 atom stereocenters. The summed E-state index contributed by atoms with van der Waals surface area (Å²) in [5, 5.41) is 13.1. The largest absolute Gasteiger partial charge is 0.324 e. The number of hydrogen-bond acceptors (Lipinski definition) is 4. The highest BCUT2D eigenvalue weighted by Gasteiger charge is 2.14. The third-order valence-corrected chi connectivity index (χ3v) is 2.35. The van der Waals surface area contributed by atoms with Crippen LogP contribution in [0.15, 0.2) is 18.2 Å². The summed E-state index contributed by atoms with van der Waals surface area (Å²) in [6.07, 6.45) is 5.20. The van der Waals surface area contributed by atoms with Gasteiger partial charge in [0.15, 0.2) is 0 Å². The highest BCUT2D eigenvalue weighted by molar-refractivity contribution is 5.95. The first kappa shape index (κ1) is 13.7. The van der Waals surface area contributed by atoms with Gasteiger partial charge in [-0.3, -0.25) is 14.9 Å².